The first-order valence-electron chi connectivity index (χ1n) is 18.1. The Morgan fingerprint density at radius 3 is 2.32 bits per heavy atom. The summed E-state index contributed by atoms with van der Waals surface area (Å²) in [4.78, 5) is 11.8. The van der Waals surface area contributed by atoms with E-state index >= 15 is 0 Å². The van der Waals surface area contributed by atoms with Crippen LogP contribution in [0.25, 0.3) is 0 Å². The molecule has 1 spiro atoms. The van der Waals surface area contributed by atoms with Gasteiger partial charge in [0.2, 0.25) is 0 Å². The van der Waals surface area contributed by atoms with Crippen molar-refractivity contribution in [2.24, 2.45) is 35.5 Å². The Bertz CT molecular complexity index is 1040. The van der Waals surface area contributed by atoms with Crippen molar-refractivity contribution < 1.29 is 54.0 Å². The molecule has 4 aliphatic heterocycles. The van der Waals surface area contributed by atoms with E-state index in [0.717, 1.165) is 19.3 Å². The van der Waals surface area contributed by atoms with Gasteiger partial charge in [0.1, 0.15) is 0 Å². The van der Waals surface area contributed by atoms with Crippen molar-refractivity contribution in [3.05, 3.63) is 0 Å². The normalized spacial score (nSPS) is 43.8. The van der Waals surface area contributed by atoms with Gasteiger partial charge < -0.3 is 49.2 Å². The quantitative estimate of drug-likeness (QED) is 0.182. The number of carboxylic acid groups (broad SMARTS) is 1. The Morgan fingerprint density at radius 2 is 1.72 bits per heavy atom. The molecular formula is C36H64O11. The monoisotopic (exact) mass is 672 g/mol. The van der Waals surface area contributed by atoms with E-state index < -0.39 is 59.4 Å². The highest BCUT2D eigenvalue weighted by atomic mass is 16.7. The van der Waals surface area contributed by atoms with Gasteiger partial charge in [-0.1, -0.05) is 41.5 Å². The van der Waals surface area contributed by atoms with Gasteiger partial charge in [0.05, 0.1) is 72.6 Å². The van der Waals surface area contributed by atoms with Crippen LogP contribution in [0, 0.1) is 35.5 Å². The third kappa shape index (κ3) is 7.73. The van der Waals surface area contributed by atoms with E-state index in [1.807, 2.05) is 27.7 Å². The van der Waals surface area contributed by atoms with E-state index in [0.29, 0.717) is 32.1 Å². The van der Waals surface area contributed by atoms with Crippen LogP contribution >= 0.6 is 0 Å². The summed E-state index contributed by atoms with van der Waals surface area (Å²) in [7, 11) is 1.52. The lowest BCUT2D eigenvalue weighted by molar-refractivity contribution is -0.335. The fourth-order valence-electron chi connectivity index (χ4n) is 9.37. The third-order valence-electron chi connectivity index (χ3n) is 12.6. The first-order valence-corrected chi connectivity index (χ1v) is 18.1. The van der Waals surface area contributed by atoms with Crippen LogP contribution in [0.3, 0.4) is 0 Å². The first-order chi connectivity index (χ1) is 22.0. The van der Waals surface area contributed by atoms with E-state index in [-0.39, 0.29) is 54.5 Å². The molecule has 4 heterocycles. The zero-order valence-electron chi connectivity index (χ0n) is 30.1. The van der Waals surface area contributed by atoms with Crippen molar-refractivity contribution >= 4 is 5.97 Å². The Balaban J connectivity index is 1.44. The highest BCUT2D eigenvalue weighted by Crippen LogP contribution is 2.54. The van der Waals surface area contributed by atoms with Gasteiger partial charge in [0, 0.05) is 31.8 Å². The lowest BCUT2D eigenvalue weighted by Crippen LogP contribution is -2.57. The predicted octanol–water partition coefficient (Wildman–Crippen LogP) is 3.91. The molecule has 11 nitrogen and oxygen atoms in total. The molecule has 0 bridgehead atoms. The molecule has 4 aliphatic rings. The smallest absolute Gasteiger partial charge is 0.308 e. The number of hydrogen-bond donors (Lipinski definition) is 5. The van der Waals surface area contributed by atoms with E-state index in [4.69, 9.17) is 23.7 Å². The summed E-state index contributed by atoms with van der Waals surface area (Å²) in [5.41, 5.74) is -1.18. The molecule has 0 saturated carbocycles. The molecule has 5 N–H and O–H groups in total. The molecule has 4 rings (SSSR count). The third-order valence-corrected chi connectivity index (χ3v) is 12.6. The molecule has 4 fully saturated rings. The molecule has 0 aromatic rings. The largest absolute Gasteiger partial charge is 0.481 e. The summed E-state index contributed by atoms with van der Waals surface area (Å²) in [5.74, 6) is -3.28. The molecule has 0 amide bonds. The SMILES string of the molecule is CCC1(C2OC(C(O)C(C)CC(C)C(O)CO)CC2C)CCC(C2(C)CCC3(CC(O)C(C)C(C(C)C(OC)C(C)C(=O)O)O3)O2)O1. The number of hydrogen-bond acceptors (Lipinski definition) is 10. The summed E-state index contributed by atoms with van der Waals surface area (Å²) in [5, 5.41) is 51.5. The van der Waals surface area contributed by atoms with Gasteiger partial charge in [-0.15, -0.1) is 0 Å². The summed E-state index contributed by atoms with van der Waals surface area (Å²) in [6, 6.07) is 0. The Morgan fingerprint density at radius 1 is 1.04 bits per heavy atom. The zero-order chi connectivity index (χ0) is 35.1. The maximum Gasteiger partial charge on any atom is 0.308 e. The number of methoxy groups -OCH3 is 1. The molecular weight excluding hydrogens is 608 g/mol. The summed E-state index contributed by atoms with van der Waals surface area (Å²) in [6.45, 7) is 15.4. The van der Waals surface area contributed by atoms with Crippen molar-refractivity contribution in [1.29, 1.82) is 0 Å². The number of aliphatic hydroxyl groups excluding tert-OH is 4. The first kappa shape index (κ1) is 38.9. The Kier molecular flexibility index (Phi) is 12.5. The number of carbonyl (C=O) groups is 1. The minimum Gasteiger partial charge on any atom is -0.481 e. The number of carboxylic acids is 1. The minimum absolute atomic E-state index is 0.106. The molecule has 0 radical (unpaired) electrons. The molecule has 11 heteroatoms. The van der Waals surface area contributed by atoms with Gasteiger partial charge in [-0.3, -0.25) is 4.79 Å². The Hall–Kier alpha value is -0.890. The maximum atomic E-state index is 11.8. The lowest BCUT2D eigenvalue weighted by Gasteiger charge is -2.48. The van der Waals surface area contributed by atoms with E-state index in [1.165, 1.54) is 7.11 Å². The molecule has 0 aliphatic carbocycles. The van der Waals surface area contributed by atoms with Crippen LogP contribution in [0.5, 0.6) is 0 Å². The highest BCUT2D eigenvalue weighted by Gasteiger charge is 2.61. The standard InChI is InChI=1S/C36H64O11/c1-10-35(32-21(4)16-27(44-32)29(40)20(3)15-19(2)26(39)18-37)12-11-28(45-35)34(8)13-14-36(47-34)17-25(38)22(5)31(46-36)23(6)30(43-9)24(7)33(41)42/h19-32,37-40H,10-18H2,1-9H3,(H,41,42). The van der Waals surface area contributed by atoms with Gasteiger partial charge in [-0.2, -0.15) is 0 Å². The number of aliphatic hydroxyl groups is 4. The second-order valence-electron chi connectivity index (χ2n) is 16.0. The van der Waals surface area contributed by atoms with Crippen molar-refractivity contribution in [3.63, 3.8) is 0 Å². The average Bonchev–Trinajstić information content (AvgIpc) is 3.74. The van der Waals surface area contributed by atoms with Crippen LogP contribution in [0.4, 0.5) is 0 Å². The van der Waals surface area contributed by atoms with Crippen LogP contribution in [-0.4, -0.2) is 111 Å². The second kappa shape index (κ2) is 15.2. The van der Waals surface area contributed by atoms with Gasteiger partial charge >= 0.3 is 5.97 Å². The second-order valence-corrected chi connectivity index (χ2v) is 16.0. The van der Waals surface area contributed by atoms with Crippen molar-refractivity contribution in [2.75, 3.05) is 13.7 Å². The molecule has 17 unspecified atom stereocenters. The van der Waals surface area contributed by atoms with Crippen LogP contribution in [0.2, 0.25) is 0 Å². The van der Waals surface area contributed by atoms with Crippen molar-refractivity contribution in [3.8, 4) is 0 Å². The van der Waals surface area contributed by atoms with E-state index in [2.05, 4.69) is 20.8 Å². The Labute approximate surface area is 281 Å². The van der Waals surface area contributed by atoms with Gasteiger partial charge in [0.15, 0.2) is 5.79 Å². The molecule has 47 heavy (non-hydrogen) atoms. The topological polar surface area (TPSA) is 164 Å². The summed E-state index contributed by atoms with van der Waals surface area (Å²) < 4.78 is 33.0. The molecule has 0 aromatic carbocycles. The van der Waals surface area contributed by atoms with Crippen LogP contribution in [0.1, 0.15) is 107 Å². The molecule has 0 aromatic heterocycles. The zero-order valence-corrected chi connectivity index (χ0v) is 30.1. The fourth-order valence-corrected chi connectivity index (χ4v) is 9.37. The van der Waals surface area contributed by atoms with Crippen LogP contribution in [0.15, 0.2) is 0 Å². The van der Waals surface area contributed by atoms with Crippen LogP contribution in [-0.2, 0) is 28.5 Å². The average molecular weight is 673 g/mol. The summed E-state index contributed by atoms with van der Waals surface area (Å²) in [6.07, 6.45) is 1.28. The van der Waals surface area contributed by atoms with E-state index in [9.17, 15) is 30.3 Å². The molecule has 4 saturated heterocycles. The number of rotatable bonds is 14. The highest BCUT2D eigenvalue weighted by molar-refractivity contribution is 5.70. The van der Waals surface area contributed by atoms with Crippen LogP contribution < -0.4 is 0 Å². The fraction of sp³-hybridized carbons (Fsp3) is 0.972. The maximum absolute atomic E-state index is 11.8. The van der Waals surface area contributed by atoms with Gasteiger partial charge in [0.25, 0.3) is 0 Å². The van der Waals surface area contributed by atoms with Gasteiger partial charge in [-0.25, -0.2) is 0 Å². The summed E-state index contributed by atoms with van der Waals surface area (Å²) >= 11 is 0. The molecule has 17 atom stereocenters. The van der Waals surface area contributed by atoms with E-state index in [1.54, 1.807) is 6.92 Å². The van der Waals surface area contributed by atoms with Crippen molar-refractivity contribution in [2.45, 2.75) is 173 Å². The number of ether oxygens (including phenoxy) is 5. The lowest BCUT2D eigenvalue weighted by atomic mass is 9.78. The minimum atomic E-state index is -1.01. The van der Waals surface area contributed by atoms with Gasteiger partial charge in [-0.05, 0) is 70.1 Å². The van der Waals surface area contributed by atoms with Crippen molar-refractivity contribution in [1.82, 2.24) is 0 Å². The predicted molar refractivity (Wildman–Crippen MR) is 174 cm³/mol. The molecule has 274 valence electrons. The number of aliphatic carboxylic acids is 1.